The predicted octanol–water partition coefficient (Wildman–Crippen LogP) is 2.97. The van der Waals surface area contributed by atoms with Gasteiger partial charge < -0.3 is 19.4 Å². The van der Waals surface area contributed by atoms with Crippen molar-refractivity contribution < 1.29 is 4.74 Å². The van der Waals surface area contributed by atoms with E-state index in [0.717, 1.165) is 43.4 Å². The zero-order chi connectivity index (χ0) is 19.3. The van der Waals surface area contributed by atoms with Gasteiger partial charge >= 0.3 is 0 Å². The van der Waals surface area contributed by atoms with E-state index in [1.54, 1.807) is 13.3 Å². The standard InChI is InChI=1S/C21H24N6O/c1-25(17-6-4-3-5-7-17)21-23-20(16-22-24-21)27-14-12-26(13-15-27)18-8-10-19(28-2)11-9-18/h3-11,16H,12-15H2,1-2H3. The first-order valence-corrected chi connectivity index (χ1v) is 9.37. The highest BCUT2D eigenvalue weighted by Gasteiger charge is 2.20. The van der Waals surface area contributed by atoms with Gasteiger partial charge in [-0.15, -0.1) is 5.10 Å². The minimum Gasteiger partial charge on any atom is -0.497 e. The van der Waals surface area contributed by atoms with Crippen molar-refractivity contribution in [2.45, 2.75) is 0 Å². The Morgan fingerprint density at radius 3 is 2.25 bits per heavy atom. The van der Waals surface area contributed by atoms with Crippen molar-refractivity contribution in [3.8, 4) is 5.75 Å². The van der Waals surface area contributed by atoms with Crippen LogP contribution in [0.5, 0.6) is 5.75 Å². The third-order valence-corrected chi connectivity index (χ3v) is 5.02. The molecule has 0 atom stereocenters. The molecule has 0 spiro atoms. The molecule has 1 aromatic heterocycles. The number of anilines is 4. The molecule has 1 fully saturated rings. The molecule has 3 aromatic rings. The van der Waals surface area contributed by atoms with Gasteiger partial charge in [-0.2, -0.15) is 10.1 Å². The quantitative estimate of drug-likeness (QED) is 0.678. The first-order chi connectivity index (χ1) is 13.7. The largest absolute Gasteiger partial charge is 0.497 e. The van der Waals surface area contributed by atoms with Crippen molar-refractivity contribution in [2.75, 3.05) is 55.0 Å². The van der Waals surface area contributed by atoms with Crippen LogP contribution in [-0.4, -0.2) is 55.5 Å². The fraction of sp³-hybridized carbons (Fsp3) is 0.286. The Bertz CT molecular complexity index is 894. The molecule has 2 heterocycles. The molecular weight excluding hydrogens is 352 g/mol. The lowest BCUT2D eigenvalue weighted by Crippen LogP contribution is -2.47. The highest BCUT2D eigenvalue weighted by atomic mass is 16.5. The number of nitrogens with zero attached hydrogens (tertiary/aromatic N) is 6. The van der Waals surface area contributed by atoms with Crippen LogP contribution in [0.25, 0.3) is 0 Å². The zero-order valence-corrected chi connectivity index (χ0v) is 16.2. The summed E-state index contributed by atoms with van der Waals surface area (Å²) in [5.74, 6) is 2.34. The van der Waals surface area contributed by atoms with Crippen molar-refractivity contribution in [2.24, 2.45) is 0 Å². The Balaban J connectivity index is 1.43. The van der Waals surface area contributed by atoms with Gasteiger partial charge in [-0.25, -0.2) is 0 Å². The average Bonchev–Trinajstić information content (AvgIpc) is 2.79. The molecule has 28 heavy (non-hydrogen) atoms. The Morgan fingerprint density at radius 1 is 0.893 bits per heavy atom. The second-order valence-corrected chi connectivity index (χ2v) is 6.68. The van der Waals surface area contributed by atoms with E-state index in [-0.39, 0.29) is 0 Å². The van der Waals surface area contributed by atoms with Crippen molar-refractivity contribution in [1.82, 2.24) is 15.2 Å². The topological polar surface area (TPSA) is 57.6 Å². The lowest BCUT2D eigenvalue weighted by Gasteiger charge is -2.36. The summed E-state index contributed by atoms with van der Waals surface area (Å²) in [6.45, 7) is 3.64. The first-order valence-electron chi connectivity index (χ1n) is 9.37. The second kappa shape index (κ2) is 8.12. The van der Waals surface area contributed by atoms with Crippen LogP contribution in [0, 0.1) is 0 Å². The van der Waals surface area contributed by atoms with E-state index in [1.165, 1.54) is 5.69 Å². The number of rotatable bonds is 5. The lowest BCUT2D eigenvalue weighted by atomic mass is 10.2. The van der Waals surface area contributed by atoms with E-state index in [1.807, 2.05) is 54.4 Å². The van der Waals surface area contributed by atoms with Crippen molar-refractivity contribution in [1.29, 1.82) is 0 Å². The molecular formula is C21H24N6O. The highest BCUT2D eigenvalue weighted by molar-refractivity contribution is 5.57. The van der Waals surface area contributed by atoms with Crippen molar-refractivity contribution >= 4 is 23.1 Å². The summed E-state index contributed by atoms with van der Waals surface area (Å²) < 4.78 is 5.24. The third kappa shape index (κ3) is 3.83. The Hall–Kier alpha value is -3.35. The molecule has 7 heteroatoms. The number of hydrogen-bond acceptors (Lipinski definition) is 7. The molecule has 144 valence electrons. The summed E-state index contributed by atoms with van der Waals surface area (Å²) in [4.78, 5) is 11.3. The van der Waals surface area contributed by atoms with Gasteiger partial charge in [0.15, 0.2) is 5.82 Å². The van der Waals surface area contributed by atoms with Gasteiger partial charge in [0.25, 0.3) is 5.95 Å². The third-order valence-electron chi connectivity index (χ3n) is 5.02. The molecule has 1 aliphatic heterocycles. The average molecular weight is 376 g/mol. The minimum atomic E-state index is 0.598. The van der Waals surface area contributed by atoms with Crippen LogP contribution in [0.15, 0.2) is 60.8 Å². The molecule has 0 saturated carbocycles. The molecule has 0 radical (unpaired) electrons. The molecule has 0 unspecified atom stereocenters. The van der Waals surface area contributed by atoms with Crippen LogP contribution < -0.4 is 19.4 Å². The van der Waals surface area contributed by atoms with Gasteiger partial charge in [0.05, 0.1) is 13.3 Å². The summed E-state index contributed by atoms with van der Waals surface area (Å²) in [5, 5.41) is 8.38. The molecule has 0 amide bonds. The van der Waals surface area contributed by atoms with Crippen molar-refractivity contribution in [3.63, 3.8) is 0 Å². The van der Waals surface area contributed by atoms with Gasteiger partial charge in [0.2, 0.25) is 0 Å². The van der Waals surface area contributed by atoms with Gasteiger partial charge in [0, 0.05) is 44.6 Å². The summed E-state index contributed by atoms with van der Waals surface area (Å²) in [7, 11) is 3.64. The summed E-state index contributed by atoms with van der Waals surface area (Å²) >= 11 is 0. The maximum absolute atomic E-state index is 5.24. The molecule has 7 nitrogen and oxygen atoms in total. The Morgan fingerprint density at radius 2 is 1.57 bits per heavy atom. The fourth-order valence-electron chi connectivity index (χ4n) is 3.33. The summed E-state index contributed by atoms with van der Waals surface area (Å²) in [5.41, 5.74) is 2.25. The normalized spacial score (nSPS) is 14.1. The highest BCUT2D eigenvalue weighted by Crippen LogP contribution is 2.24. The number of hydrogen-bond donors (Lipinski definition) is 0. The number of benzene rings is 2. The number of para-hydroxylation sites is 1. The molecule has 4 rings (SSSR count). The first kappa shape index (κ1) is 18.0. The van der Waals surface area contributed by atoms with Crippen LogP contribution >= 0.6 is 0 Å². The predicted molar refractivity (Wildman–Crippen MR) is 112 cm³/mol. The van der Waals surface area contributed by atoms with E-state index < -0.39 is 0 Å². The lowest BCUT2D eigenvalue weighted by molar-refractivity contribution is 0.415. The van der Waals surface area contributed by atoms with E-state index in [0.29, 0.717) is 5.95 Å². The van der Waals surface area contributed by atoms with Crippen LogP contribution in [-0.2, 0) is 0 Å². The molecule has 1 aliphatic rings. The van der Waals surface area contributed by atoms with Gasteiger partial charge in [-0.05, 0) is 36.4 Å². The van der Waals surface area contributed by atoms with E-state index >= 15 is 0 Å². The number of ether oxygens (including phenoxy) is 1. The number of piperazine rings is 1. The molecule has 0 N–H and O–H groups in total. The molecule has 1 saturated heterocycles. The van der Waals surface area contributed by atoms with Gasteiger partial charge in [0.1, 0.15) is 5.75 Å². The van der Waals surface area contributed by atoms with Crippen LogP contribution in [0.4, 0.5) is 23.1 Å². The van der Waals surface area contributed by atoms with Crippen LogP contribution in [0.3, 0.4) is 0 Å². The van der Waals surface area contributed by atoms with Crippen LogP contribution in [0.2, 0.25) is 0 Å². The van der Waals surface area contributed by atoms with E-state index in [2.05, 4.69) is 32.1 Å². The number of methoxy groups -OCH3 is 1. The monoisotopic (exact) mass is 376 g/mol. The Kier molecular flexibility index (Phi) is 5.23. The van der Waals surface area contributed by atoms with Gasteiger partial charge in [-0.3, -0.25) is 0 Å². The molecule has 0 bridgehead atoms. The maximum atomic E-state index is 5.24. The summed E-state index contributed by atoms with van der Waals surface area (Å²) in [6, 6.07) is 18.3. The molecule has 2 aromatic carbocycles. The van der Waals surface area contributed by atoms with Gasteiger partial charge in [-0.1, -0.05) is 18.2 Å². The second-order valence-electron chi connectivity index (χ2n) is 6.68. The minimum absolute atomic E-state index is 0.598. The molecule has 0 aliphatic carbocycles. The van der Waals surface area contributed by atoms with Crippen LogP contribution in [0.1, 0.15) is 0 Å². The smallest absolute Gasteiger partial charge is 0.251 e. The maximum Gasteiger partial charge on any atom is 0.251 e. The fourth-order valence-corrected chi connectivity index (χ4v) is 3.33. The zero-order valence-electron chi connectivity index (χ0n) is 16.2. The summed E-state index contributed by atoms with van der Waals surface area (Å²) in [6.07, 6.45) is 1.74. The van der Waals surface area contributed by atoms with E-state index in [9.17, 15) is 0 Å². The Labute approximate surface area is 165 Å². The van der Waals surface area contributed by atoms with E-state index in [4.69, 9.17) is 9.72 Å². The SMILES string of the molecule is COc1ccc(N2CCN(c3cnnc(N(C)c4ccccc4)n3)CC2)cc1. The van der Waals surface area contributed by atoms with Crippen molar-refractivity contribution in [3.05, 3.63) is 60.8 Å². The number of aromatic nitrogens is 3.